The van der Waals surface area contributed by atoms with Crippen molar-refractivity contribution in [1.29, 1.82) is 0 Å². The van der Waals surface area contributed by atoms with Crippen molar-refractivity contribution in [2.45, 2.75) is 57.2 Å². The van der Waals surface area contributed by atoms with Crippen molar-refractivity contribution in [2.75, 3.05) is 20.2 Å². The number of alkyl carbamates (subject to hydrolysis) is 1. The standard InChI is InChI=1S/C45H45N7O4/c1-29-10-6-7-13-35(29)26-40(53)51-24-8-14-38(51)42-46-27-36(48-42)32-20-16-30(17-21-32)31-18-22-33(23-19-31)37-28-47-43(49-37)39-15-9-25-52(39)44(54)41(50-45(55)56-2)34-11-4-3-5-12-34/h3-7,10-13,16-23,27-28,38-39,41H,8-9,14-15,24-26H2,1-2H3,(H,46,48)(H,47,49)(H,50,55)/t38-,39-,41+/m0/s1. The van der Waals surface area contributed by atoms with Gasteiger partial charge >= 0.3 is 6.09 Å². The number of ether oxygens (including phenoxy) is 1. The summed E-state index contributed by atoms with van der Waals surface area (Å²) in [5.41, 5.74) is 8.86. The number of benzene rings is 4. The molecule has 2 fully saturated rings. The molecule has 3 N–H and O–H groups in total. The number of nitrogens with one attached hydrogen (secondary N) is 3. The Morgan fingerprint density at radius 3 is 1.80 bits per heavy atom. The Hall–Kier alpha value is -6.49. The molecule has 0 saturated carbocycles. The Kier molecular flexibility index (Phi) is 10.5. The van der Waals surface area contributed by atoms with Crippen LogP contribution in [-0.2, 0) is 20.7 Å². The van der Waals surface area contributed by atoms with Gasteiger partial charge in [0.1, 0.15) is 17.7 Å². The lowest BCUT2D eigenvalue weighted by Gasteiger charge is -2.28. The third-order valence-electron chi connectivity index (χ3n) is 11.1. The van der Waals surface area contributed by atoms with Gasteiger partial charge in [0.2, 0.25) is 5.91 Å². The van der Waals surface area contributed by atoms with E-state index in [1.807, 2.05) is 65.8 Å². The third kappa shape index (κ3) is 7.57. The summed E-state index contributed by atoms with van der Waals surface area (Å²) in [5.74, 6) is 1.48. The van der Waals surface area contributed by atoms with E-state index in [9.17, 15) is 14.4 Å². The van der Waals surface area contributed by atoms with E-state index >= 15 is 0 Å². The number of hydrogen-bond donors (Lipinski definition) is 3. The fourth-order valence-corrected chi connectivity index (χ4v) is 8.00. The molecule has 6 aromatic rings. The van der Waals surface area contributed by atoms with Crippen LogP contribution in [0.15, 0.2) is 116 Å². The normalized spacial score (nSPS) is 17.2. The van der Waals surface area contributed by atoms with Crippen LogP contribution in [-0.4, -0.2) is 67.8 Å². The molecule has 2 aliphatic rings. The van der Waals surface area contributed by atoms with Crippen molar-refractivity contribution >= 4 is 17.9 Å². The molecular weight excluding hydrogens is 703 g/mol. The van der Waals surface area contributed by atoms with Gasteiger partial charge in [-0.05, 0) is 71.6 Å². The molecule has 2 saturated heterocycles. The van der Waals surface area contributed by atoms with Crippen molar-refractivity contribution in [3.05, 3.63) is 144 Å². The zero-order valence-corrected chi connectivity index (χ0v) is 31.6. The highest BCUT2D eigenvalue weighted by molar-refractivity contribution is 5.87. The highest BCUT2D eigenvalue weighted by atomic mass is 16.5. The summed E-state index contributed by atoms with van der Waals surface area (Å²) in [7, 11) is 1.29. The van der Waals surface area contributed by atoms with Crippen LogP contribution in [0.5, 0.6) is 0 Å². The van der Waals surface area contributed by atoms with Gasteiger partial charge in [0.15, 0.2) is 0 Å². The van der Waals surface area contributed by atoms with Gasteiger partial charge in [0, 0.05) is 13.1 Å². The Balaban J connectivity index is 0.920. The number of carbonyl (C=O) groups excluding carboxylic acids is 3. The van der Waals surface area contributed by atoms with E-state index in [0.717, 1.165) is 82.8 Å². The predicted molar refractivity (Wildman–Crippen MR) is 214 cm³/mol. The van der Waals surface area contributed by atoms with E-state index in [2.05, 4.69) is 76.8 Å². The van der Waals surface area contributed by atoms with Gasteiger partial charge in [-0.15, -0.1) is 0 Å². The molecule has 2 aromatic heterocycles. The first-order chi connectivity index (χ1) is 27.4. The van der Waals surface area contributed by atoms with E-state index in [-0.39, 0.29) is 23.9 Å². The molecule has 3 amide bonds. The third-order valence-corrected chi connectivity index (χ3v) is 11.1. The van der Waals surface area contributed by atoms with E-state index in [4.69, 9.17) is 14.7 Å². The number of amides is 3. The van der Waals surface area contributed by atoms with Gasteiger partial charge in [-0.3, -0.25) is 9.59 Å². The molecule has 11 nitrogen and oxygen atoms in total. The fourth-order valence-electron chi connectivity index (χ4n) is 8.00. The molecule has 0 bridgehead atoms. The molecule has 0 unspecified atom stereocenters. The lowest BCUT2D eigenvalue weighted by Crippen LogP contribution is -2.42. The van der Waals surface area contributed by atoms with Crippen LogP contribution in [0.1, 0.15) is 72.1 Å². The van der Waals surface area contributed by atoms with Crippen LogP contribution in [0.4, 0.5) is 4.79 Å². The maximum Gasteiger partial charge on any atom is 0.407 e. The summed E-state index contributed by atoms with van der Waals surface area (Å²) >= 11 is 0. The van der Waals surface area contributed by atoms with Crippen LogP contribution >= 0.6 is 0 Å². The lowest BCUT2D eigenvalue weighted by molar-refractivity contribution is -0.134. The van der Waals surface area contributed by atoms with Crippen molar-refractivity contribution in [3.63, 3.8) is 0 Å². The van der Waals surface area contributed by atoms with E-state index in [0.29, 0.717) is 24.4 Å². The predicted octanol–water partition coefficient (Wildman–Crippen LogP) is 8.11. The van der Waals surface area contributed by atoms with E-state index in [1.54, 1.807) is 4.90 Å². The van der Waals surface area contributed by atoms with Crippen molar-refractivity contribution in [3.8, 4) is 33.6 Å². The molecule has 4 aromatic carbocycles. The number of rotatable bonds is 10. The maximum atomic E-state index is 13.9. The minimum atomic E-state index is -0.869. The van der Waals surface area contributed by atoms with E-state index < -0.39 is 12.1 Å². The minimum Gasteiger partial charge on any atom is -0.453 e. The Labute approximate surface area is 326 Å². The molecule has 3 atom stereocenters. The van der Waals surface area contributed by atoms with E-state index in [1.165, 1.54) is 7.11 Å². The number of aryl methyl sites for hydroxylation is 1. The molecule has 0 spiro atoms. The second-order valence-electron chi connectivity index (χ2n) is 14.5. The molecule has 56 heavy (non-hydrogen) atoms. The summed E-state index contributed by atoms with van der Waals surface area (Å²) in [6, 6.07) is 32.8. The lowest BCUT2D eigenvalue weighted by atomic mass is 10.0. The number of imidazole rings is 2. The summed E-state index contributed by atoms with van der Waals surface area (Å²) in [6.45, 7) is 3.36. The number of aromatic nitrogens is 4. The first-order valence-electron chi connectivity index (χ1n) is 19.2. The van der Waals surface area contributed by atoms with Crippen LogP contribution in [0.25, 0.3) is 33.6 Å². The molecule has 8 rings (SSSR count). The molecular formula is C45H45N7O4. The summed E-state index contributed by atoms with van der Waals surface area (Å²) in [6.07, 6.45) is 6.86. The van der Waals surface area contributed by atoms with Gasteiger partial charge in [-0.2, -0.15) is 0 Å². The molecule has 11 heteroatoms. The maximum absolute atomic E-state index is 13.9. The average molecular weight is 748 g/mol. The number of methoxy groups -OCH3 is 1. The van der Waals surface area contributed by atoms with Gasteiger partial charge in [-0.1, -0.05) is 103 Å². The van der Waals surface area contributed by atoms with Gasteiger partial charge in [0.25, 0.3) is 5.91 Å². The van der Waals surface area contributed by atoms with Crippen molar-refractivity contribution < 1.29 is 19.1 Å². The minimum absolute atomic E-state index is 0.0501. The molecule has 0 aliphatic carbocycles. The fraction of sp³-hybridized carbons (Fsp3) is 0.267. The highest BCUT2D eigenvalue weighted by Crippen LogP contribution is 2.35. The largest absolute Gasteiger partial charge is 0.453 e. The highest BCUT2D eigenvalue weighted by Gasteiger charge is 2.37. The van der Waals surface area contributed by atoms with Gasteiger partial charge in [0.05, 0.1) is 49.4 Å². The number of hydrogen-bond acceptors (Lipinski definition) is 6. The van der Waals surface area contributed by atoms with Gasteiger partial charge < -0.3 is 29.8 Å². The molecule has 2 aliphatic heterocycles. The van der Waals surface area contributed by atoms with Gasteiger partial charge in [-0.25, -0.2) is 14.8 Å². The smallest absolute Gasteiger partial charge is 0.407 e. The van der Waals surface area contributed by atoms with Crippen LogP contribution in [0, 0.1) is 6.92 Å². The van der Waals surface area contributed by atoms with Crippen molar-refractivity contribution in [1.82, 2.24) is 35.1 Å². The first-order valence-corrected chi connectivity index (χ1v) is 19.2. The summed E-state index contributed by atoms with van der Waals surface area (Å²) in [4.78, 5) is 59.6. The Morgan fingerprint density at radius 1 is 0.714 bits per heavy atom. The van der Waals surface area contributed by atoms with Crippen LogP contribution < -0.4 is 5.32 Å². The number of likely N-dealkylation sites (tertiary alicyclic amines) is 2. The topological polar surface area (TPSA) is 136 Å². The first kappa shape index (κ1) is 36.5. The number of aromatic amines is 2. The molecule has 0 radical (unpaired) electrons. The van der Waals surface area contributed by atoms with Crippen LogP contribution in [0.3, 0.4) is 0 Å². The average Bonchev–Trinajstić information content (AvgIpc) is 4.08. The van der Waals surface area contributed by atoms with Crippen LogP contribution in [0.2, 0.25) is 0 Å². The second kappa shape index (κ2) is 16.1. The molecule has 4 heterocycles. The number of H-pyrrole nitrogens is 2. The Bertz CT molecular complexity index is 2320. The zero-order valence-electron chi connectivity index (χ0n) is 31.6. The van der Waals surface area contributed by atoms with Crippen molar-refractivity contribution in [2.24, 2.45) is 0 Å². The summed E-state index contributed by atoms with van der Waals surface area (Å²) < 4.78 is 4.83. The SMILES string of the molecule is COC(=O)N[C@@H](C(=O)N1CCC[C@H]1c1ncc(-c2ccc(-c3ccc(-c4cnc([C@@H]5CCCN5C(=O)Cc5ccccc5C)[nH]4)cc3)cc2)[nH]1)c1ccccc1. The monoisotopic (exact) mass is 747 g/mol. The Morgan fingerprint density at radius 2 is 1.23 bits per heavy atom. The zero-order chi connectivity index (χ0) is 38.6. The summed E-state index contributed by atoms with van der Waals surface area (Å²) in [5, 5.41) is 2.72. The number of nitrogens with zero attached hydrogens (tertiary/aromatic N) is 4. The second-order valence-corrected chi connectivity index (χ2v) is 14.5. The quantitative estimate of drug-likeness (QED) is 0.130. The number of carbonyl (C=O) groups is 3. The molecule has 284 valence electrons.